The number of thioether (sulfide) groups is 1. The van der Waals surface area contributed by atoms with E-state index in [9.17, 15) is 4.79 Å². The molecule has 1 aliphatic heterocycles. The Balaban J connectivity index is 1.71. The number of piperidine rings is 1. The third-order valence-electron chi connectivity index (χ3n) is 4.07. The average molecular weight is 331 g/mol. The Morgan fingerprint density at radius 2 is 2.00 bits per heavy atom. The molecule has 1 aromatic heterocycles. The zero-order chi connectivity index (χ0) is 16.2. The molecule has 1 aliphatic rings. The molecule has 0 bridgehead atoms. The van der Waals surface area contributed by atoms with E-state index in [0.29, 0.717) is 10.9 Å². The van der Waals surface area contributed by atoms with Gasteiger partial charge in [0.1, 0.15) is 0 Å². The normalized spacial score (nSPS) is 15.0. The fourth-order valence-corrected chi connectivity index (χ4v) is 3.52. The number of likely N-dealkylation sites (tertiary alicyclic amines) is 1. The molecule has 1 amide bonds. The lowest BCUT2D eigenvalue weighted by Gasteiger charge is -2.26. The molecule has 23 heavy (non-hydrogen) atoms. The molecule has 1 fully saturated rings. The van der Waals surface area contributed by atoms with Crippen LogP contribution in [0.5, 0.6) is 0 Å². The first-order valence-electron chi connectivity index (χ1n) is 7.92. The Kier molecular flexibility index (Phi) is 4.95. The van der Waals surface area contributed by atoms with E-state index in [1.165, 1.54) is 18.2 Å². The summed E-state index contributed by atoms with van der Waals surface area (Å²) in [4.78, 5) is 14.2. The highest BCUT2D eigenvalue weighted by Gasteiger charge is 2.18. The van der Waals surface area contributed by atoms with E-state index in [0.717, 1.165) is 42.7 Å². The zero-order valence-electron chi connectivity index (χ0n) is 13.5. The van der Waals surface area contributed by atoms with Gasteiger partial charge in [-0.15, -0.1) is 5.10 Å². The van der Waals surface area contributed by atoms with Crippen molar-refractivity contribution in [2.75, 3.05) is 18.8 Å². The molecule has 0 N–H and O–H groups in total. The van der Waals surface area contributed by atoms with Crippen molar-refractivity contribution in [1.29, 1.82) is 0 Å². The number of carbonyl (C=O) groups is 1. The summed E-state index contributed by atoms with van der Waals surface area (Å²) in [6, 6.07) is 6.18. The number of nitrogens with zero attached hydrogens (tertiary/aromatic N) is 5. The summed E-state index contributed by atoms with van der Waals surface area (Å²) in [7, 11) is 0. The first-order chi connectivity index (χ1) is 11.1. The molecule has 7 heteroatoms. The molecule has 0 aliphatic carbocycles. The molecule has 3 rings (SSSR count). The van der Waals surface area contributed by atoms with Gasteiger partial charge in [-0.05, 0) is 60.7 Å². The zero-order valence-corrected chi connectivity index (χ0v) is 14.3. The van der Waals surface area contributed by atoms with Crippen molar-refractivity contribution in [1.82, 2.24) is 25.1 Å². The van der Waals surface area contributed by atoms with Crippen LogP contribution in [-0.4, -0.2) is 49.9 Å². The molecule has 1 saturated heterocycles. The van der Waals surface area contributed by atoms with E-state index in [1.807, 2.05) is 18.7 Å². The highest BCUT2D eigenvalue weighted by Crippen LogP contribution is 2.22. The second-order valence-electron chi connectivity index (χ2n) is 5.89. The Labute approximate surface area is 140 Å². The minimum atomic E-state index is 0.171. The third kappa shape index (κ3) is 3.72. The maximum atomic E-state index is 12.3. The molecular formula is C16H21N5OS. The minimum absolute atomic E-state index is 0.171. The lowest BCUT2D eigenvalue weighted by atomic mass is 10.1. The lowest BCUT2D eigenvalue weighted by molar-refractivity contribution is -0.129. The first kappa shape index (κ1) is 16.0. The van der Waals surface area contributed by atoms with E-state index in [2.05, 4.69) is 33.7 Å². The second-order valence-corrected chi connectivity index (χ2v) is 6.84. The van der Waals surface area contributed by atoms with Crippen LogP contribution in [0.15, 0.2) is 23.4 Å². The van der Waals surface area contributed by atoms with Crippen LogP contribution in [0, 0.1) is 13.8 Å². The molecule has 2 aromatic rings. The van der Waals surface area contributed by atoms with Gasteiger partial charge in [-0.25, -0.2) is 0 Å². The Morgan fingerprint density at radius 3 is 2.78 bits per heavy atom. The summed E-state index contributed by atoms with van der Waals surface area (Å²) in [6.45, 7) is 5.83. The van der Waals surface area contributed by atoms with Crippen molar-refractivity contribution in [2.24, 2.45) is 0 Å². The number of benzene rings is 1. The fourth-order valence-electron chi connectivity index (χ4n) is 2.73. The summed E-state index contributed by atoms with van der Waals surface area (Å²) >= 11 is 1.40. The number of carbonyl (C=O) groups excluding carboxylic acids is 1. The molecule has 0 atom stereocenters. The van der Waals surface area contributed by atoms with Crippen molar-refractivity contribution in [3.05, 3.63) is 29.3 Å². The SMILES string of the molecule is Cc1ccc(C)c(-n2nnnc2SCC(=O)N2CCCCC2)c1. The van der Waals surface area contributed by atoms with Gasteiger partial charge < -0.3 is 4.90 Å². The number of tetrazole rings is 1. The Bertz CT molecular complexity index is 694. The number of aryl methyl sites for hydroxylation is 2. The topological polar surface area (TPSA) is 63.9 Å². The van der Waals surface area contributed by atoms with Gasteiger partial charge in [0.15, 0.2) is 0 Å². The maximum Gasteiger partial charge on any atom is 0.233 e. The number of aromatic nitrogens is 4. The van der Waals surface area contributed by atoms with Crippen LogP contribution in [0.4, 0.5) is 0 Å². The van der Waals surface area contributed by atoms with Gasteiger partial charge in [-0.3, -0.25) is 4.79 Å². The van der Waals surface area contributed by atoms with Gasteiger partial charge in [0, 0.05) is 13.1 Å². The number of hydrogen-bond donors (Lipinski definition) is 0. The molecule has 0 radical (unpaired) electrons. The van der Waals surface area contributed by atoms with E-state index in [-0.39, 0.29) is 5.91 Å². The molecule has 0 saturated carbocycles. The van der Waals surface area contributed by atoms with Gasteiger partial charge in [-0.1, -0.05) is 23.9 Å². The molecule has 6 nitrogen and oxygen atoms in total. The van der Waals surface area contributed by atoms with E-state index in [4.69, 9.17) is 0 Å². The van der Waals surface area contributed by atoms with Crippen LogP contribution >= 0.6 is 11.8 Å². The van der Waals surface area contributed by atoms with Gasteiger partial charge in [0.25, 0.3) is 0 Å². The number of amides is 1. The van der Waals surface area contributed by atoms with Gasteiger partial charge in [0.05, 0.1) is 11.4 Å². The van der Waals surface area contributed by atoms with Crippen molar-refractivity contribution in [3.8, 4) is 5.69 Å². The predicted octanol–water partition coefficient (Wildman–Crippen LogP) is 2.38. The number of rotatable bonds is 4. The highest BCUT2D eigenvalue weighted by molar-refractivity contribution is 7.99. The van der Waals surface area contributed by atoms with Crippen LogP contribution in [-0.2, 0) is 4.79 Å². The molecule has 0 spiro atoms. The smallest absolute Gasteiger partial charge is 0.233 e. The molecule has 122 valence electrons. The minimum Gasteiger partial charge on any atom is -0.342 e. The lowest BCUT2D eigenvalue weighted by Crippen LogP contribution is -2.36. The van der Waals surface area contributed by atoms with E-state index >= 15 is 0 Å². The van der Waals surface area contributed by atoms with E-state index in [1.54, 1.807) is 4.68 Å². The fraction of sp³-hybridized carbons (Fsp3) is 0.500. The van der Waals surface area contributed by atoms with Crippen LogP contribution < -0.4 is 0 Å². The summed E-state index contributed by atoms with van der Waals surface area (Å²) < 4.78 is 1.72. The monoisotopic (exact) mass is 331 g/mol. The third-order valence-corrected chi connectivity index (χ3v) is 4.97. The molecule has 2 heterocycles. The first-order valence-corrected chi connectivity index (χ1v) is 8.90. The van der Waals surface area contributed by atoms with Gasteiger partial charge in [-0.2, -0.15) is 4.68 Å². The molecule has 0 unspecified atom stereocenters. The maximum absolute atomic E-state index is 12.3. The quantitative estimate of drug-likeness (QED) is 0.805. The Hall–Kier alpha value is -1.89. The summed E-state index contributed by atoms with van der Waals surface area (Å²) in [6.07, 6.45) is 3.44. The predicted molar refractivity (Wildman–Crippen MR) is 89.8 cm³/mol. The van der Waals surface area contributed by atoms with Crippen molar-refractivity contribution in [2.45, 2.75) is 38.3 Å². The van der Waals surface area contributed by atoms with Crippen molar-refractivity contribution < 1.29 is 4.79 Å². The van der Waals surface area contributed by atoms with Gasteiger partial charge >= 0.3 is 0 Å². The molecular weight excluding hydrogens is 310 g/mol. The number of hydrogen-bond acceptors (Lipinski definition) is 5. The molecule has 1 aromatic carbocycles. The standard InChI is InChI=1S/C16H21N5OS/c1-12-6-7-13(2)14(10-12)21-16(17-18-19-21)23-11-15(22)20-8-4-3-5-9-20/h6-7,10H,3-5,8-9,11H2,1-2H3. The highest BCUT2D eigenvalue weighted by atomic mass is 32.2. The summed E-state index contributed by atoms with van der Waals surface area (Å²) in [5.74, 6) is 0.552. The van der Waals surface area contributed by atoms with Crippen molar-refractivity contribution in [3.63, 3.8) is 0 Å². The average Bonchev–Trinajstić information content (AvgIpc) is 3.04. The van der Waals surface area contributed by atoms with E-state index < -0.39 is 0 Å². The van der Waals surface area contributed by atoms with Crippen LogP contribution in [0.3, 0.4) is 0 Å². The largest absolute Gasteiger partial charge is 0.342 e. The van der Waals surface area contributed by atoms with Crippen LogP contribution in [0.25, 0.3) is 5.69 Å². The summed E-state index contributed by atoms with van der Waals surface area (Å²) in [5, 5.41) is 12.6. The Morgan fingerprint density at radius 1 is 1.22 bits per heavy atom. The van der Waals surface area contributed by atoms with Crippen molar-refractivity contribution >= 4 is 17.7 Å². The second kappa shape index (κ2) is 7.12. The van der Waals surface area contributed by atoms with Gasteiger partial charge in [0.2, 0.25) is 11.1 Å². The summed E-state index contributed by atoms with van der Waals surface area (Å²) in [5.41, 5.74) is 3.22. The van der Waals surface area contributed by atoms with Crippen LogP contribution in [0.1, 0.15) is 30.4 Å². The van der Waals surface area contributed by atoms with Crippen LogP contribution in [0.2, 0.25) is 0 Å².